The van der Waals surface area contributed by atoms with Crippen molar-refractivity contribution >= 4 is 0 Å². The van der Waals surface area contributed by atoms with E-state index in [0.717, 1.165) is 22.7 Å². The molecule has 0 aliphatic carbocycles. The lowest BCUT2D eigenvalue weighted by atomic mass is 10.1. The minimum atomic E-state index is 0.656. The highest BCUT2D eigenvalue weighted by atomic mass is 16.5. The molecule has 3 aromatic rings. The molecular formula is C17H17N3O3. The van der Waals surface area contributed by atoms with Crippen molar-refractivity contribution in [2.24, 2.45) is 0 Å². The third kappa shape index (κ3) is 2.96. The van der Waals surface area contributed by atoms with Crippen LogP contribution in [0.25, 0.3) is 16.9 Å². The maximum Gasteiger partial charge on any atom is 0.161 e. The number of hydrogen-bond donors (Lipinski definition) is 0. The van der Waals surface area contributed by atoms with Gasteiger partial charge in [-0.05, 0) is 42.5 Å². The van der Waals surface area contributed by atoms with Crippen LogP contribution in [0.3, 0.4) is 0 Å². The zero-order chi connectivity index (χ0) is 16.2. The molecule has 118 valence electrons. The summed E-state index contributed by atoms with van der Waals surface area (Å²) in [4.78, 5) is 0. The largest absolute Gasteiger partial charge is 0.497 e. The van der Waals surface area contributed by atoms with Crippen molar-refractivity contribution in [3.8, 4) is 34.2 Å². The first-order valence-electron chi connectivity index (χ1n) is 7.04. The standard InChI is InChI=1S/C17H17N3O3/c1-21-14-7-5-13(6-8-14)20-11-15(18-19-20)12-4-9-16(22-2)17(10-12)23-3/h4-11H,1-3H3. The van der Waals surface area contributed by atoms with Gasteiger partial charge in [-0.2, -0.15) is 0 Å². The van der Waals surface area contributed by atoms with Crippen molar-refractivity contribution in [1.29, 1.82) is 0 Å². The van der Waals surface area contributed by atoms with Gasteiger partial charge in [-0.1, -0.05) is 5.21 Å². The number of nitrogens with zero attached hydrogens (tertiary/aromatic N) is 3. The predicted octanol–water partition coefficient (Wildman–Crippen LogP) is 2.96. The van der Waals surface area contributed by atoms with Gasteiger partial charge in [0, 0.05) is 5.56 Å². The average molecular weight is 311 g/mol. The molecule has 0 aliphatic heterocycles. The summed E-state index contributed by atoms with van der Waals surface area (Å²) in [5, 5.41) is 8.39. The molecule has 0 fully saturated rings. The van der Waals surface area contributed by atoms with Gasteiger partial charge in [0.15, 0.2) is 11.5 Å². The lowest BCUT2D eigenvalue weighted by Crippen LogP contribution is -1.94. The first kappa shape index (κ1) is 14.9. The maximum absolute atomic E-state index is 5.32. The van der Waals surface area contributed by atoms with E-state index in [2.05, 4.69) is 10.3 Å². The van der Waals surface area contributed by atoms with Crippen LogP contribution in [0.15, 0.2) is 48.7 Å². The molecule has 2 aromatic carbocycles. The predicted molar refractivity (Wildman–Crippen MR) is 86.5 cm³/mol. The number of ether oxygens (including phenoxy) is 3. The second-order valence-corrected chi connectivity index (χ2v) is 4.82. The van der Waals surface area contributed by atoms with E-state index >= 15 is 0 Å². The van der Waals surface area contributed by atoms with Crippen LogP contribution in [0.4, 0.5) is 0 Å². The Labute approximate surface area is 134 Å². The number of methoxy groups -OCH3 is 3. The SMILES string of the molecule is COc1ccc(-n2cc(-c3ccc(OC)c(OC)c3)nn2)cc1. The van der Waals surface area contributed by atoms with Crippen molar-refractivity contribution in [1.82, 2.24) is 15.0 Å². The van der Waals surface area contributed by atoms with Crippen molar-refractivity contribution < 1.29 is 14.2 Å². The maximum atomic E-state index is 5.32. The van der Waals surface area contributed by atoms with Gasteiger partial charge in [-0.15, -0.1) is 5.10 Å². The summed E-state index contributed by atoms with van der Waals surface area (Å²) in [6.07, 6.45) is 1.86. The molecule has 23 heavy (non-hydrogen) atoms. The Morgan fingerprint density at radius 1 is 0.826 bits per heavy atom. The Balaban J connectivity index is 1.92. The van der Waals surface area contributed by atoms with Crippen LogP contribution in [0.2, 0.25) is 0 Å². The molecule has 0 N–H and O–H groups in total. The molecular weight excluding hydrogens is 294 g/mol. The fourth-order valence-corrected chi connectivity index (χ4v) is 2.25. The normalized spacial score (nSPS) is 10.4. The summed E-state index contributed by atoms with van der Waals surface area (Å²) in [6.45, 7) is 0. The summed E-state index contributed by atoms with van der Waals surface area (Å²) < 4.78 is 17.4. The summed E-state index contributed by atoms with van der Waals surface area (Å²) >= 11 is 0. The van der Waals surface area contributed by atoms with Gasteiger partial charge in [0.2, 0.25) is 0 Å². The van der Waals surface area contributed by atoms with Crippen LogP contribution in [-0.4, -0.2) is 36.3 Å². The van der Waals surface area contributed by atoms with E-state index in [0.29, 0.717) is 11.5 Å². The van der Waals surface area contributed by atoms with Gasteiger partial charge < -0.3 is 14.2 Å². The first-order chi connectivity index (χ1) is 11.2. The van der Waals surface area contributed by atoms with Crippen molar-refractivity contribution in [2.75, 3.05) is 21.3 Å². The third-order valence-electron chi connectivity index (χ3n) is 3.51. The molecule has 1 aromatic heterocycles. The second-order valence-electron chi connectivity index (χ2n) is 4.82. The van der Waals surface area contributed by atoms with E-state index in [1.807, 2.05) is 48.7 Å². The Morgan fingerprint density at radius 2 is 1.57 bits per heavy atom. The number of rotatable bonds is 5. The fourth-order valence-electron chi connectivity index (χ4n) is 2.25. The zero-order valence-corrected chi connectivity index (χ0v) is 13.2. The molecule has 0 saturated carbocycles. The van der Waals surface area contributed by atoms with Gasteiger partial charge in [0.1, 0.15) is 11.4 Å². The molecule has 0 unspecified atom stereocenters. The minimum Gasteiger partial charge on any atom is -0.497 e. The molecule has 3 rings (SSSR count). The smallest absolute Gasteiger partial charge is 0.161 e. The van der Waals surface area contributed by atoms with Gasteiger partial charge in [0.05, 0.1) is 33.2 Å². The third-order valence-corrected chi connectivity index (χ3v) is 3.51. The molecule has 0 amide bonds. The monoisotopic (exact) mass is 311 g/mol. The van der Waals surface area contributed by atoms with Crippen LogP contribution in [-0.2, 0) is 0 Å². The lowest BCUT2D eigenvalue weighted by Gasteiger charge is -2.08. The van der Waals surface area contributed by atoms with Crippen molar-refractivity contribution in [2.45, 2.75) is 0 Å². The minimum absolute atomic E-state index is 0.656. The molecule has 0 spiro atoms. The van der Waals surface area contributed by atoms with E-state index < -0.39 is 0 Å². The van der Waals surface area contributed by atoms with E-state index in [-0.39, 0.29) is 0 Å². The van der Waals surface area contributed by atoms with Crippen LogP contribution >= 0.6 is 0 Å². The zero-order valence-electron chi connectivity index (χ0n) is 13.2. The lowest BCUT2D eigenvalue weighted by molar-refractivity contribution is 0.355. The molecule has 0 atom stereocenters. The van der Waals surface area contributed by atoms with Gasteiger partial charge >= 0.3 is 0 Å². The Hall–Kier alpha value is -3.02. The van der Waals surface area contributed by atoms with Gasteiger partial charge in [-0.3, -0.25) is 0 Å². The highest BCUT2D eigenvalue weighted by Gasteiger charge is 2.10. The highest BCUT2D eigenvalue weighted by molar-refractivity contribution is 5.63. The summed E-state index contributed by atoms with van der Waals surface area (Å²) in [5.41, 5.74) is 2.56. The molecule has 0 saturated heterocycles. The second kappa shape index (κ2) is 6.39. The number of hydrogen-bond acceptors (Lipinski definition) is 5. The summed E-state index contributed by atoms with van der Waals surface area (Å²) in [6, 6.07) is 13.3. The van der Waals surface area contributed by atoms with E-state index in [1.165, 1.54) is 0 Å². The van der Waals surface area contributed by atoms with Gasteiger partial charge in [0.25, 0.3) is 0 Å². The van der Waals surface area contributed by atoms with Gasteiger partial charge in [-0.25, -0.2) is 4.68 Å². The number of aromatic nitrogens is 3. The Bertz CT molecular complexity index is 797. The van der Waals surface area contributed by atoms with Crippen LogP contribution in [0.1, 0.15) is 0 Å². The molecule has 1 heterocycles. The van der Waals surface area contributed by atoms with E-state index in [1.54, 1.807) is 26.0 Å². The average Bonchev–Trinajstić information content (AvgIpc) is 3.11. The summed E-state index contributed by atoms with van der Waals surface area (Å²) in [5.74, 6) is 2.14. The molecule has 6 nitrogen and oxygen atoms in total. The summed E-state index contributed by atoms with van der Waals surface area (Å²) in [7, 11) is 4.85. The molecule has 6 heteroatoms. The van der Waals surface area contributed by atoms with E-state index in [4.69, 9.17) is 14.2 Å². The molecule has 0 aliphatic rings. The molecule has 0 radical (unpaired) electrons. The van der Waals surface area contributed by atoms with Crippen LogP contribution < -0.4 is 14.2 Å². The first-order valence-corrected chi connectivity index (χ1v) is 7.04. The fraction of sp³-hybridized carbons (Fsp3) is 0.176. The Morgan fingerprint density at radius 3 is 2.22 bits per heavy atom. The van der Waals surface area contributed by atoms with Crippen molar-refractivity contribution in [3.63, 3.8) is 0 Å². The quantitative estimate of drug-likeness (QED) is 0.725. The molecule has 0 bridgehead atoms. The van der Waals surface area contributed by atoms with Crippen molar-refractivity contribution in [3.05, 3.63) is 48.7 Å². The Kier molecular flexibility index (Phi) is 4.14. The van der Waals surface area contributed by atoms with Crippen LogP contribution in [0.5, 0.6) is 17.2 Å². The topological polar surface area (TPSA) is 58.4 Å². The van der Waals surface area contributed by atoms with E-state index in [9.17, 15) is 0 Å². The highest BCUT2D eigenvalue weighted by Crippen LogP contribution is 2.31. The number of benzene rings is 2. The van der Waals surface area contributed by atoms with Crippen LogP contribution in [0, 0.1) is 0 Å².